The van der Waals surface area contributed by atoms with E-state index in [1.807, 2.05) is 34.8 Å². The predicted octanol–water partition coefficient (Wildman–Crippen LogP) is 2.28. The number of rotatable bonds is 3. The van der Waals surface area contributed by atoms with Gasteiger partial charge >= 0.3 is 0 Å². The monoisotopic (exact) mass is 329 g/mol. The standard InChI is InChI=1S/C19H27N3O2/c1-20-10-3-7-16(20)17(23)22-12-9-19(14-22)8-4-11-21(18(19)24)13-15-5-2-6-15/h3,7,10,15H,2,4-6,8-9,11-14H2,1H3/t19-/m0/s1. The number of hydrogen-bond donors (Lipinski definition) is 0. The summed E-state index contributed by atoms with van der Waals surface area (Å²) >= 11 is 0. The number of aryl methyl sites for hydroxylation is 1. The van der Waals surface area contributed by atoms with Crippen molar-refractivity contribution in [1.82, 2.24) is 14.4 Å². The molecule has 5 heteroatoms. The lowest BCUT2D eigenvalue weighted by Gasteiger charge is -2.42. The normalized spacial score (nSPS) is 27.8. The highest BCUT2D eigenvalue weighted by Crippen LogP contribution is 2.41. The highest BCUT2D eigenvalue weighted by atomic mass is 16.2. The Bertz CT molecular complexity index is 649. The van der Waals surface area contributed by atoms with E-state index in [1.165, 1.54) is 19.3 Å². The Morgan fingerprint density at radius 1 is 1.25 bits per heavy atom. The van der Waals surface area contributed by atoms with Crippen molar-refractivity contribution in [2.45, 2.75) is 38.5 Å². The molecule has 0 radical (unpaired) electrons. The van der Waals surface area contributed by atoms with Crippen LogP contribution in [0.4, 0.5) is 0 Å². The maximum absolute atomic E-state index is 13.1. The Morgan fingerprint density at radius 2 is 2.08 bits per heavy atom. The molecule has 3 heterocycles. The molecule has 130 valence electrons. The zero-order valence-electron chi connectivity index (χ0n) is 14.5. The van der Waals surface area contributed by atoms with Crippen LogP contribution in [0.25, 0.3) is 0 Å². The number of carbonyl (C=O) groups is 2. The van der Waals surface area contributed by atoms with Crippen LogP contribution in [0, 0.1) is 11.3 Å². The van der Waals surface area contributed by atoms with Gasteiger partial charge in [-0.2, -0.15) is 0 Å². The van der Waals surface area contributed by atoms with E-state index in [0.29, 0.717) is 30.6 Å². The second-order valence-corrected chi connectivity index (χ2v) is 7.91. The smallest absolute Gasteiger partial charge is 0.270 e. The average molecular weight is 329 g/mol. The molecule has 0 unspecified atom stereocenters. The highest BCUT2D eigenvalue weighted by Gasteiger charge is 2.49. The zero-order chi connectivity index (χ0) is 16.7. The third-order valence-corrected chi connectivity index (χ3v) is 6.33. The van der Waals surface area contributed by atoms with Crippen LogP contribution < -0.4 is 0 Å². The summed E-state index contributed by atoms with van der Waals surface area (Å²) in [6.45, 7) is 3.14. The molecule has 24 heavy (non-hydrogen) atoms. The van der Waals surface area contributed by atoms with Gasteiger partial charge in [0.1, 0.15) is 5.69 Å². The van der Waals surface area contributed by atoms with Crippen LogP contribution in [0.1, 0.15) is 49.0 Å². The number of likely N-dealkylation sites (tertiary alicyclic amines) is 2. The number of amides is 2. The first-order valence-electron chi connectivity index (χ1n) is 9.29. The number of carbonyl (C=O) groups excluding carboxylic acids is 2. The molecule has 3 aliphatic rings. The van der Waals surface area contributed by atoms with Crippen LogP contribution >= 0.6 is 0 Å². The zero-order valence-corrected chi connectivity index (χ0v) is 14.5. The van der Waals surface area contributed by atoms with Gasteiger partial charge in [0.2, 0.25) is 5.91 Å². The average Bonchev–Trinajstić information content (AvgIpc) is 3.14. The summed E-state index contributed by atoms with van der Waals surface area (Å²) in [5, 5.41) is 0. The summed E-state index contributed by atoms with van der Waals surface area (Å²) in [5.41, 5.74) is 0.393. The van der Waals surface area contributed by atoms with Gasteiger partial charge < -0.3 is 14.4 Å². The van der Waals surface area contributed by atoms with E-state index in [-0.39, 0.29) is 11.3 Å². The van der Waals surface area contributed by atoms with Gasteiger partial charge in [0.25, 0.3) is 5.91 Å². The molecule has 3 fully saturated rings. The lowest BCUT2D eigenvalue weighted by Crippen LogP contribution is -2.52. The minimum Gasteiger partial charge on any atom is -0.347 e. The van der Waals surface area contributed by atoms with Gasteiger partial charge in [-0.25, -0.2) is 0 Å². The molecule has 1 aromatic rings. The molecule has 1 atom stereocenters. The van der Waals surface area contributed by atoms with E-state index in [4.69, 9.17) is 0 Å². The molecule has 2 saturated heterocycles. The molecule has 1 aliphatic carbocycles. The minimum absolute atomic E-state index is 0.0586. The van der Waals surface area contributed by atoms with E-state index in [0.717, 1.165) is 32.4 Å². The molecule has 2 amide bonds. The van der Waals surface area contributed by atoms with E-state index < -0.39 is 0 Å². The molecule has 2 aliphatic heterocycles. The first-order chi connectivity index (χ1) is 11.6. The molecule has 1 spiro atoms. The van der Waals surface area contributed by atoms with Gasteiger partial charge in [0.15, 0.2) is 0 Å². The van der Waals surface area contributed by atoms with Gasteiger partial charge in [-0.15, -0.1) is 0 Å². The first kappa shape index (κ1) is 15.7. The van der Waals surface area contributed by atoms with Gasteiger partial charge in [0.05, 0.1) is 5.41 Å². The van der Waals surface area contributed by atoms with Crippen molar-refractivity contribution in [3.63, 3.8) is 0 Å². The van der Waals surface area contributed by atoms with Crippen molar-refractivity contribution >= 4 is 11.8 Å². The molecular formula is C19H27N3O2. The van der Waals surface area contributed by atoms with Gasteiger partial charge in [-0.1, -0.05) is 6.42 Å². The van der Waals surface area contributed by atoms with Crippen LogP contribution in [0.3, 0.4) is 0 Å². The minimum atomic E-state index is -0.317. The largest absolute Gasteiger partial charge is 0.347 e. The van der Waals surface area contributed by atoms with Crippen molar-refractivity contribution < 1.29 is 9.59 Å². The highest BCUT2D eigenvalue weighted by molar-refractivity contribution is 5.94. The molecule has 0 aromatic carbocycles. The van der Waals surface area contributed by atoms with Crippen molar-refractivity contribution in [1.29, 1.82) is 0 Å². The summed E-state index contributed by atoms with van der Waals surface area (Å²) in [7, 11) is 1.89. The lowest BCUT2D eigenvalue weighted by molar-refractivity contribution is -0.146. The SMILES string of the molecule is Cn1cccc1C(=O)N1CC[C@@]2(CCCN(CC3CCC3)C2=O)C1. The van der Waals surface area contributed by atoms with Crippen LogP contribution in [-0.4, -0.2) is 52.4 Å². The molecule has 1 aromatic heterocycles. The summed E-state index contributed by atoms with van der Waals surface area (Å²) in [6, 6.07) is 3.75. The third-order valence-electron chi connectivity index (χ3n) is 6.33. The second-order valence-electron chi connectivity index (χ2n) is 7.91. The number of piperidine rings is 1. The van der Waals surface area contributed by atoms with E-state index in [1.54, 1.807) is 0 Å². The molecule has 4 rings (SSSR count). The van der Waals surface area contributed by atoms with Crippen LogP contribution in [0.2, 0.25) is 0 Å². The predicted molar refractivity (Wildman–Crippen MR) is 91.5 cm³/mol. The molecule has 0 N–H and O–H groups in total. The third kappa shape index (κ3) is 2.54. The fraction of sp³-hybridized carbons (Fsp3) is 0.684. The first-order valence-corrected chi connectivity index (χ1v) is 9.29. The fourth-order valence-corrected chi connectivity index (χ4v) is 4.58. The topological polar surface area (TPSA) is 45.6 Å². The van der Waals surface area contributed by atoms with Gasteiger partial charge in [-0.3, -0.25) is 9.59 Å². The molecule has 1 saturated carbocycles. The lowest BCUT2D eigenvalue weighted by atomic mass is 9.77. The Balaban J connectivity index is 1.46. The fourth-order valence-electron chi connectivity index (χ4n) is 4.58. The molecular weight excluding hydrogens is 302 g/mol. The van der Waals surface area contributed by atoms with E-state index in [2.05, 4.69) is 4.90 Å². The summed E-state index contributed by atoms with van der Waals surface area (Å²) < 4.78 is 1.86. The van der Waals surface area contributed by atoms with E-state index in [9.17, 15) is 9.59 Å². The Kier molecular flexibility index (Phi) is 3.89. The Morgan fingerprint density at radius 3 is 2.75 bits per heavy atom. The van der Waals surface area contributed by atoms with Crippen molar-refractivity contribution in [3.8, 4) is 0 Å². The van der Waals surface area contributed by atoms with Crippen molar-refractivity contribution in [3.05, 3.63) is 24.0 Å². The van der Waals surface area contributed by atoms with Gasteiger partial charge in [-0.05, 0) is 50.2 Å². The number of hydrogen-bond acceptors (Lipinski definition) is 2. The Hall–Kier alpha value is -1.78. The summed E-state index contributed by atoms with van der Waals surface area (Å²) in [6.07, 6.45) is 8.59. The van der Waals surface area contributed by atoms with Crippen LogP contribution in [0.5, 0.6) is 0 Å². The summed E-state index contributed by atoms with van der Waals surface area (Å²) in [5.74, 6) is 1.08. The number of aromatic nitrogens is 1. The van der Waals surface area contributed by atoms with Gasteiger partial charge in [0, 0.05) is 39.4 Å². The molecule has 0 bridgehead atoms. The number of nitrogens with zero attached hydrogens (tertiary/aromatic N) is 3. The van der Waals surface area contributed by atoms with E-state index >= 15 is 0 Å². The van der Waals surface area contributed by atoms with Crippen LogP contribution in [0.15, 0.2) is 18.3 Å². The Labute approximate surface area is 143 Å². The summed E-state index contributed by atoms with van der Waals surface area (Å²) in [4.78, 5) is 29.9. The van der Waals surface area contributed by atoms with Crippen molar-refractivity contribution in [2.24, 2.45) is 18.4 Å². The van der Waals surface area contributed by atoms with Crippen LogP contribution in [-0.2, 0) is 11.8 Å². The molecule has 5 nitrogen and oxygen atoms in total. The second kappa shape index (κ2) is 5.94. The maximum Gasteiger partial charge on any atom is 0.270 e. The van der Waals surface area contributed by atoms with Crippen molar-refractivity contribution in [2.75, 3.05) is 26.2 Å². The quantitative estimate of drug-likeness (QED) is 0.854. The maximum atomic E-state index is 13.1.